The predicted octanol–water partition coefficient (Wildman–Crippen LogP) is 1.10. The van der Waals surface area contributed by atoms with Crippen LogP contribution in [0.3, 0.4) is 0 Å². The van der Waals surface area contributed by atoms with E-state index in [1.54, 1.807) is 18.2 Å². The van der Waals surface area contributed by atoms with Gasteiger partial charge in [-0.3, -0.25) is 10.1 Å². The molecule has 24 heavy (non-hydrogen) atoms. The molecule has 2 unspecified atom stereocenters. The molecular formula is C15H15F3N2O4. The topological polar surface area (TPSA) is 67.9 Å². The fourth-order valence-electron chi connectivity index (χ4n) is 3.10. The van der Waals surface area contributed by atoms with Crippen LogP contribution in [0, 0.1) is 0 Å². The van der Waals surface area contributed by atoms with Gasteiger partial charge in [0.15, 0.2) is 6.23 Å². The van der Waals surface area contributed by atoms with Crippen LogP contribution in [0.5, 0.6) is 5.75 Å². The summed E-state index contributed by atoms with van der Waals surface area (Å²) in [4.78, 5) is 25.2. The molecule has 3 rings (SSSR count). The lowest BCUT2D eigenvalue weighted by molar-refractivity contribution is -0.210. The van der Waals surface area contributed by atoms with Crippen LogP contribution in [0.1, 0.15) is 15.9 Å². The molecule has 1 N–H and O–H groups in total. The highest BCUT2D eigenvalue weighted by Crippen LogP contribution is 2.33. The van der Waals surface area contributed by atoms with Crippen LogP contribution in [-0.4, -0.2) is 55.4 Å². The van der Waals surface area contributed by atoms with Crippen LogP contribution >= 0.6 is 0 Å². The molecule has 1 fully saturated rings. The Morgan fingerprint density at radius 1 is 1.38 bits per heavy atom. The van der Waals surface area contributed by atoms with Crippen molar-refractivity contribution in [2.75, 3.05) is 20.2 Å². The zero-order valence-corrected chi connectivity index (χ0v) is 12.7. The molecule has 2 aliphatic heterocycles. The van der Waals surface area contributed by atoms with Gasteiger partial charge in [0.05, 0.1) is 13.2 Å². The molecule has 130 valence electrons. The number of esters is 1. The van der Waals surface area contributed by atoms with Gasteiger partial charge < -0.3 is 14.4 Å². The molecular weight excluding hydrogens is 329 g/mol. The van der Waals surface area contributed by atoms with E-state index >= 15 is 0 Å². The third-order valence-corrected chi connectivity index (χ3v) is 4.17. The summed E-state index contributed by atoms with van der Waals surface area (Å²) in [6, 6.07) is 4.28. The van der Waals surface area contributed by atoms with E-state index in [1.165, 1.54) is 12.0 Å². The Hall–Kier alpha value is -2.29. The van der Waals surface area contributed by atoms with Gasteiger partial charge in [0.25, 0.3) is 5.91 Å². The second-order valence-electron chi connectivity index (χ2n) is 5.53. The molecule has 1 aromatic rings. The van der Waals surface area contributed by atoms with Crippen molar-refractivity contribution in [2.45, 2.75) is 24.9 Å². The fraction of sp³-hybridized carbons (Fsp3) is 0.467. The third kappa shape index (κ3) is 2.79. The van der Waals surface area contributed by atoms with E-state index in [2.05, 4.69) is 10.1 Å². The average molecular weight is 344 g/mol. The van der Waals surface area contributed by atoms with Crippen molar-refractivity contribution in [3.63, 3.8) is 0 Å². The lowest BCUT2D eigenvalue weighted by Crippen LogP contribution is -2.63. The van der Waals surface area contributed by atoms with Gasteiger partial charge in [0.2, 0.25) is 0 Å². The SMILES string of the molecule is COc1cccc2c1CC1C(OC(=O)C(F)(F)F)NCCN1C2=O. The predicted molar refractivity (Wildman–Crippen MR) is 75.5 cm³/mol. The van der Waals surface area contributed by atoms with Gasteiger partial charge in [-0.25, -0.2) is 4.79 Å². The Bertz CT molecular complexity index is 677. The summed E-state index contributed by atoms with van der Waals surface area (Å²) in [6.45, 7) is 0.553. The second-order valence-corrected chi connectivity index (χ2v) is 5.53. The number of methoxy groups -OCH3 is 1. The zero-order valence-electron chi connectivity index (χ0n) is 12.7. The summed E-state index contributed by atoms with van der Waals surface area (Å²) < 4.78 is 47.2. The molecule has 0 aliphatic carbocycles. The maximum Gasteiger partial charge on any atom is 0.490 e. The molecule has 0 spiro atoms. The number of rotatable bonds is 2. The van der Waals surface area contributed by atoms with Crippen LogP contribution in [0.2, 0.25) is 0 Å². The van der Waals surface area contributed by atoms with Crippen molar-refractivity contribution in [3.8, 4) is 5.75 Å². The minimum Gasteiger partial charge on any atom is -0.496 e. The highest BCUT2D eigenvalue weighted by molar-refractivity contribution is 5.98. The number of fused-ring (bicyclic) bond motifs is 2. The van der Waals surface area contributed by atoms with Crippen LogP contribution in [0.25, 0.3) is 0 Å². The first kappa shape index (κ1) is 16.6. The second kappa shape index (κ2) is 5.97. The molecule has 2 atom stereocenters. The van der Waals surface area contributed by atoms with Gasteiger partial charge in [0, 0.05) is 30.6 Å². The number of alkyl halides is 3. The normalized spacial score (nSPS) is 23.3. The zero-order chi connectivity index (χ0) is 17.5. The number of amides is 1. The number of ether oxygens (including phenoxy) is 2. The highest BCUT2D eigenvalue weighted by atomic mass is 19.4. The molecule has 1 aromatic carbocycles. The molecule has 9 heteroatoms. The molecule has 1 saturated heterocycles. The largest absolute Gasteiger partial charge is 0.496 e. The van der Waals surface area contributed by atoms with Crippen molar-refractivity contribution < 1.29 is 32.2 Å². The van der Waals surface area contributed by atoms with Gasteiger partial charge in [0.1, 0.15) is 5.75 Å². The van der Waals surface area contributed by atoms with Crippen molar-refractivity contribution in [1.82, 2.24) is 10.2 Å². The Kier molecular flexibility index (Phi) is 4.12. The number of benzene rings is 1. The number of nitrogens with zero attached hydrogens (tertiary/aromatic N) is 1. The number of carbonyl (C=O) groups is 2. The summed E-state index contributed by atoms with van der Waals surface area (Å²) in [6.07, 6.45) is -6.08. The number of nitrogens with one attached hydrogen (secondary N) is 1. The molecule has 2 aliphatic rings. The van der Waals surface area contributed by atoms with E-state index in [0.29, 0.717) is 23.4 Å². The maximum absolute atomic E-state index is 12.6. The Labute approximate surface area is 135 Å². The Balaban J connectivity index is 1.91. The van der Waals surface area contributed by atoms with E-state index in [0.717, 1.165) is 0 Å². The van der Waals surface area contributed by atoms with Crippen molar-refractivity contribution in [1.29, 1.82) is 0 Å². The van der Waals surface area contributed by atoms with Crippen molar-refractivity contribution >= 4 is 11.9 Å². The number of carbonyl (C=O) groups excluding carboxylic acids is 2. The number of hydrogen-bond acceptors (Lipinski definition) is 5. The van der Waals surface area contributed by atoms with E-state index in [9.17, 15) is 22.8 Å². The van der Waals surface area contributed by atoms with Gasteiger partial charge in [-0.05, 0) is 12.1 Å². The lowest BCUT2D eigenvalue weighted by atomic mass is 9.90. The molecule has 0 aromatic heterocycles. The number of piperazine rings is 1. The minimum atomic E-state index is -5.09. The maximum atomic E-state index is 12.6. The molecule has 1 amide bonds. The smallest absolute Gasteiger partial charge is 0.490 e. The highest BCUT2D eigenvalue weighted by Gasteiger charge is 2.47. The molecule has 0 bridgehead atoms. The van der Waals surface area contributed by atoms with E-state index in [-0.39, 0.29) is 18.9 Å². The molecule has 6 nitrogen and oxygen atoms in total. The summed E-state index contributed by atoms with van der Waals surface area (Å²) in [5.41, 5.74) is 1.05. The summed E-state index contributed by atoms with van der Waals surface area (Å²) in [5.74, 6) is -2.11. The van der Waals surface area contributed by atoms with Crippen LogP contribution in [0.4, 0.5) is 13.2 Å². The van der Waals surface area contributed by atoms with Gasteiger partial charge >= 0.3 is 12.1 Å². The third-order valence-electron chi connectivity index (χ3n) is 4.17. The minimum absolute atomic E-state index is 0.230. The van der Waals surface area contributed by atoms with Crippen LogP contribution in [-0.2, 0) is 16.0 Å². The standard InChI is InChI=1S/C15H15F3N2O4/c1-23-11-4-2-3-8-9(11)7-10-12(24-14(22)15(16,17)18)19-5-6-20(10)13(8)21/h2-4,10,12,19H,5-7H2,1H3. The van der Waals surface area contributed by atoms with Crippen LogP contribution < -0.4 is 10.1 Å². The lowest BCUT2D eigenvalue weighted by Gasteiger charge is -2.44. The number of halogens is 3. The van der Waals surface area contributed by atoms with Crippen molar-refractivity contribution in [3.05, 3.63) is 29.3 Å². The van der Waals surface area contributed by atoms with Gasteiger partial charge in [-0.1, -0.05) is 6.07 Å². The number of hydrogen-bond donors (Lipinski definition) is 1. The first-order valence-electron chi connectivity index (χ1n) is 7.31. The monoisotopic (exact) mass is 344 g/mol. The summed E-state index contributed by atoms with van der Waals surface area (Å²) in [7, 11) is 1.45. The van der Waals surface area contributed by atoms with E-state index in [1.807, 2.05) is 0 Å². The quantitative estimate of drug-likeness (QED) is 0.814. The van der Waals surface area contributed by atoms with Crippen LogP contribution in [0.15, 0.2) is 18.2 Å². The molecule has 2 heterocycles. The summed E-state index contributed by atoms with van der Waals surface area (Å²) >= 11 is 0. The van der Waals surface area contributed by atoms with E-state index in [4.69, 9.17) is 4.74 Å². The Morgan fingerprint density at radius 2 is 2.12 bits per heavy atom. The first-order valence-corrected chi connectivity index (χ1v) is 7.31. The fourth-order valence-corrected chi connectivity index (χ4v) is 3.10. The first-order chi connectivity index (χ1) is 11.3. The average Bonchev–Trinajstić information content (AvgIpc) is 2.54. The molecule has 0 saturated carbocycles. The Morgan fingerprint density at radius 3 is 2.79 bits per heavy atom. The van der Waals surface area contributed by atoms with Gasteiger partial charge in [-0.2, -0.15) is 13.2 Å². The van der Waals surface area contributed by atoms with Gasteiger partial charge in [-0.15, -0.1) is 0 Å². The summed E-state index contributed by atoms with van der Waals surface area (Å²) in [5, 5.41) is 2.73. The van der Waals surface area contributed by atoms with Crippen molar-refractivity contribution in [2.24, 2.45) is 0 Å². The van der Waals surface area contributed by atoms with E-state index < -0.39 is 24.4 Å². The molecule has 0 radical (unpaired) electrons.